The van der Waals surface area contributed by atoms with Gasteiger partial charge in [-0.2, -0.15) is 18.4 Å². The number of anilines is 1. The summed E-state index contributed by atoms with van der Waals surface area (Å²) >= 11 is 0. The van der Waals surface area contributed by atoms with E-state index in [0.717, 1.165) is 12.1 Å². The summed E-state index contributed by atoms with van der Waals surface area (Å²) in [5, 5.41) is 11.4. The Bertz CT molecular complexity index is 881. The van der Waals surface area contributed by atoms with Crippen LogP contribution in [0.5, 0.6) is 5.88 Å². The van der Waals surface area contributed by atoms with Crippen LogP contribution in [-0.4, -0.2) is 40.1 Å². The van der Waals surface area contributed by atoms with Crippen LogP contribution in [0.2, 0.25) is 0 Å². The molecule has 2 amide bonds. The molecule has 0 bridgehead atoms. The number of carbonyl (C=O) groups is 1. The molecule has 1 fully saturated rings. The molecule has 10 heteroatoms. The molecule has 7 nitrogen and oxygen atoms in total. The maximum Gasteiger partial charge on any atom is 0.416 e. The topological polar surface area (TPSA) is 91.1 Å². The van der Waals surface area contributed by atoms with Crippen molar-refractivity contribution < 1.29 is 22.7 Å². The number of urea groups is 1. The Morgan fingerprint density at radius 3 is 2.85 bits per heavy atom. The van der Waals surface area contributed by atoms with E-state index in [1.807, 2.05) is 6.07 Å². The summed E-state index contributed by atoms with van der Waals surface area (Å²) in [5.41, 5.74) is -0.737. The molecular weight excluding hydrogens is 363 g/mol. The fraction of sp³-hybridized carbons (Fsp3) is 0.294. The fourth-order valence-electron chi connectivity index (χ4n) is 2.63. The Morgan fingerprint density at radius 1 is 1.33 bits per heavy atom. The molecule has 27 heavy (non-hydrogen) atoms. The van der Waals surface area contributed by atoms with Gasteiger partial charge in [0.15, 0.2) is 0 Å². The summed E-state index contributed by atoms with van der Waals surface area (Å²) in [6.45, 7) is 0.573. The van der Waals surface area contributed by atoms with Crippen LogP contribution in [0, 0.1) is 11.3 Å². The van der Waals surface area contributed by atoms with Crippen molar-refractivity contribution in [1.82, 2.24) is 14.9 Å². The van der Waals surface area contributed by atoms with Crippen molar-refractivity contribution in [2.75, 3.05) is 18.4 Å². The first-order valence-electron chi connectivity index (χ1n) is 7.98. The van der Waals surface area contributed by atoms with Gasteiger partial charge in [-0.3, -0.25) is 0 Å². The third kappa shape index (κ3) is 4.44. The summed E-state index contributed by atoms with van der Waals surface area (Å²) in [6, 6.07) is 5.76. The lowest BCUT2D eigenvalue weighted by atomic mass is 10.2. The number of hydrogen-bond donors (Lipinski definition) is 1. The maximum absolute atomic E-state index is 12.8. The second-order valence-electron chi connectivity index (χ2n) is 5.81. The third-order valence-electron chi connectivity index (χ3n) is 3.92. The molecule has 1 unspecified atom stereocenters. The molecule has 0 radical (unpaired) electrons. The molecule has 1 atom stereocenters. The van der Waals surface area contributed by atoms with Gasteiger partial charge in [0.05, 0.1) is 12.1 Å². The molecule has 0 aliphatic carbocycles. The Labute approximate surface area is 152 Å². The first-order valence-corrected chi connectivity index (χ1v) is 7.98. The number of amides is 2. The number of hydrogen-bond acceptors (Lipinski definition) is 5. The summed E-state index contributed by atoms with van der Waals surface area (Å²) in [5.74, 6) is 0.0881. The molecule has 2 heterocycles. The zero-order chi connectivity index (χ0) is 19.4. The molecule has 0 spiro atoms. The number of nitriles is 1. The predicted octanol–water partition coefficient (Wildman–Crippen LogP) is 3.05. The SMILES string of the molecule is N#Cc1nccnc1OC1CCN(C(=O)Nc2cccc(C(F)(F)F)c2)C1. The molecule has 3 rings (SSSR count). The number of halogens is 3. The van der Waals surface area contributed by atoms with E-state index in [1.54, 1.807) is 0 Å². The highest BCUT2D eigenvalue weighted by molar-refractivity contribution is 5.89. The van der Waals surface area contributed by atoms with Crippen LogP contribution in [-0.2, 0) is 6.18 Å². The first kappa shape index (κ1) is 18.4. The zero-order valence-corrected chi connectivity index (χ0v) is 13.9. The van der Waals surface area contributed by atoms with Crippen LogP contribution in [0.1, 0.15) is 17.7 Å². The zero-order valence-electron chi connectivity index (χ0n) is 13.9. The van der Waals surface area contributed by atoms with Gasteiger partial charge in [-0.1, -0.05) is 6.07 Å². The normalized spacial score (nSPS) is 16.7. The quantitative estimate of drug-likeness (QED) is 0.888. The summed E-state index contributed by atoms with van der Waals surface area (Å²) in [7, 11) is 0. The van der Waals surface area contributed by atoms with Crippen molar-refractivity contribution in [3.8, 4) is 11.9 Å². The van der Waals surface area contributed by atoms with Gasteiger partial charge in [0.1, 0.15) is 12.2 Å². The van der Waals surface area contributed by atoms with Crippen LogP contribution >= 0.6 is 0 Å². The van der Waals surface area contributed by atoms with E-state index in [0.29, 0.717) is 13.0 Å². The van der Waals surface area contributed by atoms with Crippen LogP contribution in [0.3, 0.4) is 0 Å². The van der Waals surface area contributed by atoms with Crippen molar-refractivity contribution in [3.05, 3.63) is 47.9 Å². The molecule has 1 aliphatic rings. The largest absolute Gasteiger partial charge is 0.470 e. The Hall–Kier alpha value is -3.35. The molecule has 2 aromatic rings. The van der Waals surface area contributed by atoms with Crippen molar-refractivity contribution >= 4 is 11.7 Å². The Balaban J connectivity index is 1.60. The van der Waals surface area contributed by atoms with Gasteiger partial charge in [-0.05, 0) is 18.2 Å². The summed E-state index contributed by atoms with van der Waals surface area (Å²) in [6.07, 6.45) is -1.61. The van der Waals surface area contributed by atoms with Crippen molar-refractivity contribution in [1.29, 1.82) is 5.26 Å². The Kier molecular flexibility index (Phi) is 5.12. The predicted molar refractivity (Wildman–Crippen MR) is 87.8 cm³/mol. The number of alkyl halides is 3. The number of aromatic nitrogens is 2. The Morgan fingerprint density at radius 2 is 2.11 bits per heavy atom. The highest BCUT2D eigenvalue weighted by Crippen LogP contribution is 2.30. The monoisotopic (exact) mass is 377 g/mol. The number of rotatable bonds is 3. The summed E-state index contributed by atoms with van der Waals surface area (Å²) < 4.78 is 43.9. The number of likely N-dealkylation sites (tertiary alicyclic amines) is 1. The molecular formula is C17H14F3N5O2. The smallest absolute Gasteiger partial charge is 0.416 e. The van der Waals surface area contributed by atoms with E-state index in [9.17, 15) is 18.0 Å². The minimum Gasteiger partial charge on any atom is -0.470 e. The highest BCUT2D eigenvalue weighted by Gasteiger charge is 2.31. The highest BCUT2D eigenvalue weighted by atomic mass is 19.4. The molecule has 1 saturated heterocycles. The van der Waals surface area contributed by atoms with Crippen LogP contribution in [0.25, 0.3) is 0 Å². The number of ether oxygens (including phenoxy) is 1. The van der Waals surface area contributed by atoms with Crippen LogP contribution in [0.4, 0.5) is 23.7 Å². The lowest BCUT2D eigenvalue weighted by molar-refractivity contribution is -0.137. The lowest BCUT2D eigenvalue weighted by Gasteiger charge is -2.18. The maximum atomic E-state index is 12.8. The van der Waals surface area contributed by atoms with Crippen LogP contribution in [0.15, 0.2) is 36.7 Å². The molecule has 1 aromatic carbocycles. The van der Waals surface area contributed by atoms with Gasteiger partial charge in [-0.15, -0.1) is 0 Å². The van der Waals surface area contributed by atoms with Crippen molar-refractivity contribution in [3.63, 3.8) is 0 Å². The number of benzene rings is 1. The minimum absolute atomic E-state index is 0.0457. The van der Waals surface area contributed by atoms with Crippen LogP contribution < -0.4 is 10.1 Å². The molecule has 1 aromatic heterocycles. The van der Waals surface area contributed by atoms with E-state index in [2.05, 4.69) is 15.3 Å². The average Bonchev–Trinajstić information content (AvgIpc) is 3.10. The summed E-state index contributed by atoms with van der Waals surface area (Å²) in [4.78, 5) is 21.5. The third-order valence-corrected chi connectivity index (χ3v) is 3.92. The van der Waals surface area contributed by atoms with Gasteiger partial charge in [0, 0.05) is 31.0 Å². The van der Waals surface area contributed by atoms with Crippen molar-refractivity contribution in [2.45, 2.75) is 18.7 Å². The van der Waals surface area contributed by atoms with Gasteiger partial charge >= 0.3 is 12.2 Å². The second-order valence-corrected chi connectivity index (χ2v) is 5.81. The fourth-order valence-corrected chi connectivity index (χ4v) is 2.63. The average molecular weight is 377 g/mol. The molecule has 1 aliphatic heterocycles. The molecule has 0 saturated carbocycles. The molecule has 140 valence electrons. The van der Waals surface area contributed by atoms with E-state index >= 15 is 0 Å². The van der Waals surface area contributed by atoms with Crippen molar-refractivity contribution in [2.24, 2.45) is 0 Å². The minimum atomic E-state index is -4.48. The number of nitrogens with one attached hydrogen (secondary N) is 1. The first-order chi connectivity index (χ1) is 12.9. The second kappa shape index (κ2) is 7.49. The number of carbonyl (C=O) groups excluding carboxylic acids is 1. The molecule has 1 N–H and O–H groups in total. The standard InChI is InChI=1S/C17H14F3N5O2/c18-17(19,20)11-2-1-3-12(8-11)24-16(26)25-7-4-13(10-25)27-15-14(9-21)22-5-6-23-15/h1-3,5-6,8,13H,4,7,10H2,(H,24,26). The van der Waals surface area contributed by atoms with Gasteiger partial charge in [0.2, 0.25) is 5.69 Å². The van der Waals surface area contributed by atoms with Gasteiger partial charge in [0.25, 0.3) is 5.88 Å². The lowest BCUT2D eigenvalue weighted by Crippen LogP contribution is -2.34. The van der Waals surface area contributed by atoms with E-state index in [4.69, 9.17) is 10.00 Å². The van der Waals surface area contributed by atoms with E-state index in [1.165, 1.54) is 29.4 Å². The van der Waals surface area contributed by atoms with Gasteiger partial charge < -0.3 is 15.0 Å². The van der Waals surface area contributed by atoms with E-state index < -0.39 is 17.8 Å². The van der Waals surface area contributed by atoms with E-state index in [-0.39, 0.29) is 29.9 Å². The van der Waals surface area contributed by atoms with Gasteiger partial charge in [-0.25, -0.2) is 14.8 Å². The number of nitrogens with zero attached hydrogens (tertiary/aromatic N) is 4.